The molecular weight excluding hydrogens is 482 g/mol. The molecule has 11 heteroatoms. The van der Waals surface area contributed by atoms with E-state index in [2.05, 4.69) is 4.98 Å². The number of amides is 1. The number of primary amides is 1. The number of carbonyl (C=O) groups excluding carboxylic acids is 1. The predicted molar refractivity (Wildman–Crippen MR) is 139 cm³/mol. The Hall–Kier alpha value is -4.05. The van der Waals surface area contributed by atoms with E-state index in [0.717, 1.165) is 21.0 Å². The van der Waals surface area contributed by atoms with Gasteiger partial charge in [-0.05, 0) is 35.7 Å². The zero-order valence-corrected chi connectivity index (χ0v) is 21.1. The number of fused-ring (bicyclic) bond motifs is 2. The molecule has 5 aromatic rings. The minimum Gasteiger partial charge on any atom is -0.366 e. The number of nitrogens with two attached hydrogens (primary N) is 1. The average molecular weight is 508 g/mol. The second-order valence-electron chi connectivity index (χ2n) is 9.45. The number of rotatable bonds is 6. The SMILES string of the molecule is CC(C)Cn1c(=O)n(C)c(=O)c2c(-c3cc(C(N)=O)cn3C)n(Cc3c[nH]c4ccc(Cl)cc34)nc21. The molecule has 0 atom stereocenters. The molecule has 0 bridgehead atoms. The smallest absolute Gasteiger partial charge is 0.332 e. The van der Waals surface area contributed by atoms with Gasteiger partial charge in [0.2, 0.25) is 5.91 Å². The first-order valence-electron chi connectivity index (χ1n) is 11.5. The van der Waals surface area contributed by atoms with Gasteiger partial charge in [0.15, 0.2) is 5.65 Å². The van der Waals surface area contributed by atoms with E-state index in [4.69, 9.17) is 22.4 Å². The number of halogens is 1. The molecule has 0 spiro atoms. The van der Waals surface area contributed by atoms with Gasteiger partial charge in [-0.25, -0.2) is 4.79 Å². The number of nitrogens with one attached hydrogen (secondary N) is 1. The Morgan fingerprint density at radius 2 is 1.94 bits per heavy atom. The van der Waals surface area contributed by atoms with Crippen molar-refractivity contribution in [1.82, 2.24) is 28.5 Å². The molecule has 0 aliphatic rings. The van der Waals surface area contributed by atoms with Crippen molar-refractivity contribution in [3.63, 3.8) is 0 Å². The molecule has 0 unspecified atom stereocenters. The molecule has 4 aromatic heterocycles. The third kappa shape index (κ3) is 3.74. The fourth-order valence-corrected chi connectivity index (χ4v) is 4.82. The number of H-pyrrole nitrogens is 1. The molecule has 5 rings (SSSR count). The number of aryl methyl sites for hydroxylation is 1. The normalized spacial score (nSPS) is 11.8. The molecule has 1 aromatic carbocycles. The number of benzene rings is 1. The Morgan fingerprint density at radius 3 is 2.61 bits per heavy atom. The summed E-state index contributed by atoms with van der Waals surface area (Å²) in [5, 5.41) is 6.61. The van der Waals surface area contributed by atoms with E-state index in [1.54, 1.807) is 34.6 Å². The molecule has 0 fully saturated rings. The number of nitrogens with zero attached hydrogens (tertiary/aromatic N) is 5. The molecule has 1 amide bonds. The first-order chi connectivity index (χ1) is 17.1. The van der Waals surface area contributed by atoms with E-state index in [9.17, 15) is 14.4 Å². The number of aromatic nitrogens is 6. The monoisotopic (exact) mass is 507 g/mol. The number of aromatic amines is 1. The van der Waals surface area contributed by atoms with Gasteiger partial charge in [0.1, 0.15) is 11.1 Å². The van der Waals surface area contributed by atoms with Crippen LogP contribution in [0.15, 0.2) is 46.2 Å². The summed E-state index contributed by atoms with van der Waals surface area (Å²) in [6, 6.07) is 7.21. The van der Waals surface area contributed by atoms with Gasteiger partial charge in [-0.15, -0.1) is 0 Å². The van der Waals surface area contributed by atoms with Crippen LogP contribution < -0.4 is 17.0 Å². The first kappa shape index (κ1) is 23.7. The largest absolute Gasteiger partial charge is 0.366 e. The zero-order chi connectivity index (χ0) is 25.9. The maximum absolute atomic E-state index is 13.5. The Bertz CT molecular complexity index is 1780. The van der Waals surface area contributed by atoms with Crippen molar-refractivity contribution in [2.45, 2.75) is 26.9 Å². The van der Waals surface area contributed by atoms with Crippen molar-refractivity contribution < 1.29 is 4.79 Å². The van der Waals surface area contributed by atoms with Gasteiger partial charge in [-0.2, -0.15) is 5.10 Å². The number of hydrogen-bond donors (Lipinski definition) is 2. The summed E-state index contributed by atoms with van der Waals surface area (Å²) in [6.07, 6.45) is 3.48. The van der Waals surface area contributed by atoms with Crippen molar-refractivity contribution in [2.75, 3.05) is 0 Å². The summed E-state index contributed by atoms with van der Waals surface area (Å²) in [4.78, 5) is 41.7. The van der Waals surface area contributed by atoms with Gasteiger partial charge < -0.3 is 15.3 Å². The highest BCUT2D eigenvalue weighted by Crippen LogP contribution is 2.30. The summed E-state index contributed by atoms with van der Waals surface area (Å²) in [5.74, 6) is -0.438. The minimum absolute atomic E-state index is 0.143. The standard InChI is InChI=1S/C25H26ClN7O3/c1-13(2)10-32-23-20(24(35)31(4)25(32)36)21(19-7-14(22(27)34)11-30(19)3)33(29-23)12-15-9-28-18-6-5-16(26)8-17(15)18/h5-9,11,13,28H,10,12H2,1-4H3,(H2,27,34). The molecule has 36 heavy (non-hydrogen) atoms. The predicted octanol–water partition coefficient (Wildman–Crippen LogP) is 2.84. The van der Waals surface area contributed by atoms with Crippen LogP contribution in [0.1, 0.15) is 29.8 Å². The zero-order valence-electron chi connectivity index (χ0n) is 20.4. The second kappa shape index (κ2) is 8.56. The van der Waals surface area contributed by atoms with Crippen LogP contribution in [0.3, 0.4) is 0 Å². The Labute approximate surface area is 210 Å². The van der Waals surface area contributed by atoms with E-state index in [0.29, 0.717) is 46.1 Å². The van der Waals surface area contributed by atoms with Crippen molar-refractivity contribution in [1.29, 1.82) is 0 Å². The van der Waals surface area contributed by atoms with Gasteiger partial charge in [0.05, 0.1) is 17.8 Å². The molecule has 0 aliphatic heterocycles. The topological polar surface area (TPSA) is 126 Å². The van der Waals surface area contributed by atoms with Crippen molar-refractivity contribution >= 4 is 39.4 Å². The molecule has 4 heterocycles. The molecule has 0 radical (unpaired) electrons. The lowest BCUT2D eigenvalue weighted by atomic mass is 10.1. The van der Waals surface area contributed by atoms with Crippen molar-refractivity contribution in [2.24, 2.45) is 25.7 Å². The third-order valence-electron chi connectivity index (χ3n) is 6.36. The fraction of sp³-hybridized carbons (Fsp3) is 0.280. The molecule has 186 valence electrons. The highest BCUT2D eigenvalue weighted by Gasteiger charge is 2.25. The van der Waals surface area contributed by atoms with Gasteiger partial charge in [-0.3, -0.25) is 23.4 Å². The van der Waals surface area contributed by atoms with Crippen LogP contribution in [0.2, 0.25) is 5.02 Å². The maximum Gasteiger partial charge on any atom is 0.332 e. The van der Waals surface area contributed by atoms with E-state index in [1.165, 1.54) is 11.6 Å². The summed E-state index contributed by atoms with van der Waals surface area (Å²) >= 11 is 6.25. The second-order valence-corrected chi connectivity index (χ2v) is 9.89. The summed E-state index contributed by atoms with van der Waals surface area (Å²) in [7, 11) is 3.23. The summed E-state index contributed by atoms with van der Waals surface area (Å²) < 4.78 is 6.07. The molecule has 0 saturated heterocycles. The average Bonchev–Trinajstić information content (AvgIpc) is 3.50. The maximum atomic E-state index is 13.5. The van der Waals surface area contributed by atoms with Crippen LogP contribution in [0.5, 0.6) is 0 Å². The quantitative estimate of drug-likeness (QED) is 0.366. The molecule has 0 aliphatic carbocycles. The minimum atomic E-state index is -0.580. The lowest BCUT2D eigenvalue weighted by molar-refractivity contribution is 0.100. The molecule has 0 saturated carbocycles. The van der Waals surface area contributed by atoms with Crippen LogP contribution in [-0.2, 0) is 27.2 Å². The summed E-state index contributed by atoms with van der Waals surface area (Å²) in [6.45, 7) is 4.67. The highest BCUT2D eigenvalue weighted by atomic mass is 35.5. The van der Waals surface area contributed by atoms with Crippen LogP contribution in [0.25, 0.3) is 33.3 Å². The van der Waals surface area contributed by atoms with Crippen LogP contribution >= 0.6 is 11.6 Å². The number of carbonyl (C=O) groups is 1. The molecule has 3 N–H and O–H groups in total. The van der Waals surface area contributed by atoms with E-state index < -0.39 is 17.2 Å². The third-order valence-corrected chi connectivity index (χ3v) is 6.59. The van der Waals surface area contributed by atoms with Crippen LogP contribution in [0.4, 0.5) is 0 Å². The van der Waals surface area contributed by atoms with Gasteiger partial charge >= 0.3 is 5.69 Å². The number of hydrogen-bond acceptors (Lipinski definition) is 4. The van der Waals surface area contributed by atoms with E-state index in [-0.39, 0.29) is 5.92 Å². The van der Waals surface area contributed by atoms with Gasteiger partial charge in [0.25, 0.3) is 5.56 Å². The Kier molecular flexibility index (Phi) is 5.63. The highest BCUT2D eigenvalue weighted by molar-refractivity contribution is 6.31. The first-order valence-corrected chi connectivity index (χ1v) is 11.9. The lowest BCUT2D eigenvalue weighted by Gasteiger charge is -2.11. The summed E-state index contributed by atoms with van der Waals surface area (Å²) in [5.41, 5.74) is 8.14. The van der Waals surface area contributed by atoms with E-state index >= 15 is 0 Å². The Balaban J connectivity index is 1.85. The van der Waals surface area contributed by atoms with Crippen molar-refractivity contribution in [3.8, 4) is 11.4 Å². The molecule has 10 nitrogen and oxygen atoms in total. The molecular formula is C25H26ClN7O3. The van der Waals surface area contributed by atoms with Gasteiger partial charge in [0, 0.05) is 49.0 Å². The van der Waals surface area contributed by atoms with Crippen molar-refractivity contribution in [3.05, 3.63) is 73.6 Å². The van der Waals surface area contributed by atoms with Crippen LogP contribution in [-0.4, -0.2) is 34.4 Å². The van der Waals surface area contributed by atoms with E-state index in [1.807, 2.05) is 32.2 Å². The van der Waals surface area contributed by atoms with Crippen LogP contribution in [0, 0.1) is 5.92 Å². The lowest BCUT2D eigenvalue weighted by Crippen LogP contribution is -2.38. The fourth-order valence-electron chi connectivity index (χ4n) is 4.64. The van der Waals surface area contributed by atoms with Gasteiger partial charge in [-0.1, -0.05) is 25.4 Å². The Morgan fingerprint density at radius 1 is 1.19 bits per heavy atom.